The molecular weight excluding hydrogens is 446 g/mol. The van der Waals surface area contributed by atoms with Crippen molar-refractivity contribution >= 4 is 29.4 Å². The molecule has 0 saturated heterocycles. The molecule has 0 fully saturated rings. The fraction of sp³-hybridized carbons (Fsp3) is 0.185. The standard InChI is InChI=1S/C27H27N3O5/c1-35-25(32)18-28-24(31)17-20-12-14-22(15-13-20)29-27(34)23(16-19-8-4-2-5-9-19)30-26(33)21-10-6-3-7-11-21/h2-15,23H,16-18H2,1H3,(H,28,31)(H,29,34)(H,30,33). The quantitative estimate of drug-likeness (QED) is 0.392. The molecule has 0 spiro atoms. The summed E-state index contributed by atoms with van der Waals surface area (Å²) in [5, 5.41) is 8.13. The third-order valence-corrected chi connectivity index (χ3v) is 5.18. The number of benzene rings is 3. The lowest BCUT2D eigenvalue weighted by atomic mass is 10.0. The van der Waals surface area contributed by atoms with Crippen LogP contribution in [-0.2, 0) is 32.0 Å². The highest BCUT2D eigenvalue weighted by Crippen LogP contribution is 2.13. The number of carbonyl (C=O) groups is 4. The minimum Gasteiger partial charge on any atom is -0.468 e. The molecule has 3 aromatic rings. The van der Waals surface area contributed by atoms with Gasteiger partial charge in [-0.3, -0.25) is 19.2 Å². The first kappa shape index (κ1) is 25.2. The number of amides is 3. The number of esters is 1. The van der Waals surface area contributed by atoms with Gasteiger partial charge in [0.2, 0.25) is 11.8 Å². The van der Waals surface area contributed by atoms with Gasteiger partial charge in [0.25, 0.3) is 5.91 Å². The minimum atomic E-state index is -0.797. The van der Waals surface area contributed by atoms with E-state index in [0.29, 0.717) is 23.2 Å². The Balaban J connectivity index is 1.64. The Kier molecular flexibility index (Phi) is 9.13. The van der Waals surface area contributed by atoms with Crippen molar-refractivity contribution in [3.8, 4) is 0 Å². The molecule has 1 unspecified atom stereocenters. The van der Waals surface area contributed by atoms with Crippen molar-refractivity contribution < 1.29 is 23.9 Å². The molecule has 180 valence electrons. The van der Waals surface area contributed by atoms with E-state index in [1.807, 2.05) is 36.4 Å². The van der Waals surface area contributed by atoms with Crippen LogP contribution in [0.15, 0.2) is 84.9 Å². The van der Waals surface area contributed by atoms with E-state index in [9.17, 15) is 19.2 Å². The third kappa shape index (κ3) is 8.12. The Morgan fingerprint density at radius 2 is 1.43 bits per heavy atom. The summed E-state index contributed by atoms with van der Waals surface area (Å²) in [6.45, 7) is -0.193. The van der Waals surface area contributed by atoms with Gasteiger partial charge in [-0.1, -0.05) is 60.7 Å². The van der Waals surface area contributed by atoms with Gasteiger partial charge in [0.15, 0.2) is 0 Å². The molecule has 0 aliphatic rings. The molecule has 8 nitrogen and oxygen atoms in total. The van der Waals surface area contributed by atoms with E-state index in [0.717, 1.165) is 5.56 Å². The number of methoxy groups -OCH3 is 1. The predicted molar refractivity (Wildman–Crippen MR) is 132 cm³/mol. The van der Waals surface area contributed by atoms with Crippen LogP contribution in [0.3, 0.4) is 0 Å². The molecule has 8 heteroatoms. The van der Waals surface area contributed by atoms with Gasteiger partial charge < -0.3 is 20.7 Å². The van der Waals surface area contributed by atoms with E-state index < -0.39 is 12.0 Å². The van der Waals surface area contributed by atoms with Crippen molar-refractivity contribution in [3.63, 3.8) is 0 Å². The summed E-state index contributed by atoms with van der Waals surface area (Å²) in [4.78, 5) is 48.9. The van der Waals surface area contributed by atoms with E-state index in [-0.39, 0.29) is 30.7 Å². The lowest BCUT2D eigenvalue weighted by molar-refractivity contribution is -0.141. The van der Waals surface area contributed by atoms with Gasteiger partial charge in [0.1, 0.15) is 12.6 Å². The number of hydrogen-bond acceptors (Lipinski definition) is 5. The summed E-state index contributed by atoms with van der Waals surface area (Å²) in [6, 6.07) is 24.1. The first-order valence-corrected chi connectivity index (χ1v) is 11.1. The Morgan fingerprint density at radius 3 is 2.06 bits per heavy atom. The minimum absolute atomic E-state index is 0.0784. The van der Waals surface area contributed by atoms with Gasteiger partial charge in [-0.2, -0.15) is 0 Å². The number of rotatable bonds is 10. The van der Waals surface area contributed by atoms with E-state index in [1.165, 1.54) is 7.11 Å². The molecule has 0 bridgehead atoms. The molecule has 0 heterocycles. The number of ether oxygens (including phenoxy) is 1. The van der Waals surface area contributed by atoms with Crippen LogP contribution in [0.5, 0.6) is 0 Å². The molecule has 0 saturated carbocycles. The first-order valence-electron chi connectivity index (χ1n) is 11.1. The number of carbonyl (C=O) groups excluding carboxylic acids is 4. The molecule has 0 aliphatic carbocycles. The second-order valence-corrected chi connectivity index (χ2v) is 7.80. The lowest BCUT2D eigenvalue weighted by Crippen LogP contribution is -2.45. The Labute approximate surface area is 203 Å². The fourth-order valence-corrected chi connectivity index (χ4v) is 3.32. The zero-order chi connectivity index (χ0) is 25.0. The highest BCUT2D eigenvalue weighted by atomic mass is 16.5. The maximum Gasteiger partial charge on any atom is 0.325 e. The average molecular weight is 474 g/mol. The SMILES string of the molecule is COC(=O)CNC(=O)Cc1ccc(NC(=O)C(Cc2ccccc2)NC(=O)c2ccccc2)cc1. The van der Waals surface area contributed by atoms with Crippen molar-refractivity contribution in [1.29, 1.82) is 0 Å². The Bertz CT molecular complexity index is 1150. The van der Waals surface area contributed by atoms with Crippen LogP contribution in [0.2, 0.25) is 0 Å². The summed E-state index contributed by atoms with van der Waals surface area (Å²) in [7, 11) is 1.25. The average Bonchev–Trinajstić information content (AvgIpc) is 2.89. The zero-order valence-corrected chi connectivity index (χ0v) is 19.3. The van der Waals surface area contributed by atoms with E-state index in [2.05, 4.69) is 20.7 Å². The molecule has 3 N–H and O–H groups in total. The molecular formula is C27H27N3O5. The number of anilines is 1. The monoisotopic (exact) mass is 473 g/mol. The summed E-state index contributed by atoms with van der Waals surface area (Å²) < 4.78 is 4.49. The van der Waals surface area contributed by atoms with Crippen LogP contribution in [0.4, 0.5) is 5.69 Å². The topological polar surface area (TPSA) is 114 Å². The summed E-state index contributed by atoms with van der Waals surface area (Å²) in [5.41, 5.74) is 2.62. The molecule has 0 aromatic heterocycles. The van der Waals surface area contributed by atoms with Gasteiger partial charge in [0.05, 0.1) is 13.5 Å². The van der Waals surface area contributed by atoms with E-state index in [1.54, 1.807) is 48.5 Å². The Hall–Kier alpha value is -4.46. The zero-order valence-electron chi connectivity index (χ0n) is 19.3. The summed E-state index contributed by atoms with van der Waals surface area (Å²) in [5.74, 6) is -1.55. The summed E-state index contributed by atoms with van der Waals surface area (Å²) in [6.07, 6.45) is 0.401. The van der Waals surface area contributed by atoms with Gasteiger partial charge in [0, 0.05) is 17.7 Å². The highest BCUT2D eigenvalue weighted by molar-refractivity contribution is 6.01. The lowest BCUT2D eigenvalue weighted by Gasteiger charge is -2.19. The number of hydrogen-bond donors (Lipinski definition) is 3. The third-order valence-electron chi connectivity index (χ3n) is 5.18. The second-order valence-electron chi connectivity index (χ2n) is 7.80. The highest BCUT2D eigenvalue weighted by Gasteiger charge is 2.22. The van der Waals surface area contributed by atoms with Crippen LogP contribution in [0.1, 0.15) is 21.5 Å². The van der Waals surface area contributed by atoms with Crippen LogP contribution in [0, 0.1) is 0 Å². The molecule has 1 atom stereocenters. The van der Waals surface area contributed by atoms with Crippen molar-refractivity contribution in [3.05, 3.63) is 102 Å². The maximum absolute atomic E-state index is 13.1. The van der Waals surface area contributed by atoms with Crippen LogP contribution in [-0.4, -0.2) is 43.4 Å². The van der Waals surface area contributed by atoms with Crippen LogP contribution >= 0.6 is 0 Å². The molecule has 0 aliphatic heterocycles. The second kappa shape index (κ2) is 12.7. The van der Waals surface area contributed by atoms with Crippen molar-refractivity contribution in [2.24, 2.45) is 0 Å². The largest absolute Gasteiger partial charge is 0.468 e. The molecule has 0 radical (unpaired) electrons. The normalized spacial score (nSPS) is 11.1. The predicted octanol–water partition coefficient (Wildman–Crippen LogP) is 2.50. The summed E-state index contributed by atoms with van der Waals surface area (Å²) >= 11 is 0. The van der Waals surface area contributed by atoms with Crippen LogP contribution in [0.25, 0.3) is 0 Å². The van der Waals surface area contributed by atoms with Crippen molar-refractivity contribution in [2.75, 3.05) is 19.0 Å². The van der Waals surface area contributed by atoms with Gasteiger partial charge in [-0.05, 0) is 35.4 Å². The molecule has 35 heavy (non-hydrogen) atoms. The Morgan fingerprint density at radius 1 is 0.800 bits per heavy atom. The van der Waals surface area contributed by atoms with Gasteiger partial charge in [-0.25, -0.2) is 0 Å². The smallest absolute Gasteiger partial charge is 0.325 e. The van der Waals surface area contributed by atoms with Crippen LogP contribution < -0.4 is 16.0 Å². The number of nitrogens with one attached hydrogen (secondary N) is 3. The van der Waals surface area contributed by atoms with Crippen molar-refractivity contribution in [2.45, 2.75) is 18.9 Å². The molecule has 3 rings (SSSR count). The van der Waals surface area contributed by atoms with Gasteiger partial charge in [-0.15, -0.1) is 0 Å². The molecule has 3 aromatic carbocycles. The van der Waals surface area contributed by atoms with E-state index in [4.69, 9.17) is 0 Å². The van der Waals surface area contributed by atoms with Gasteiger partial charge >= 0.3 is 5.97 Å². The first-order chi connectivity index (χ1) is 16.9. The maximum atomic E-state index is 13.1. The fourth-order valence-electron chi connectivity index (χ4n) is 3.32. The molecule has 3 amide bonds. The van der Waals surface area contributed by atoms with Crippen molar-refractivity contribution in [1.82, 2.24) is 10.6 Å². The van der Waals surface area contributed by atoms with E-state index >= 15 is 0 Å².